The number of benzene rings is 2. The molecule has 2 aromatic carbocycles. The Labute approximate surface area is 153 Å². The number of para-hydroxylation sites is 1. The number of amides is 1. The van der Waals surface area contributed by atoms with Gasteiger partial charge >= 0.3 is 0 Å². The predicted octanol–water partition coefficient (Wildman–Crippen LogP) is 4.84. The van der Waals surface area contributed by atoms with Gasteiger partial charge in [-0.1, -0.05) is 30.3 Å². The SMILES string of the molecule is Cc1cc(C)c(NC(=O)c2ccc(COc3ccccc3)cc2)c(C)n1. The maximum Gasteiger partial charge on any atom is 0.255 e. The highest BCUT2D eigenvalue weighted by Crippen LogP contribution is 2.20. The molecule has 0 atom stereocenters. The smallest absolute Gasteiger partial charge is 0.255 e. The van der Waals surface area contributed by atoms with E-state index in [1.54, 1.807) is 0 Å². The third-order valence-corrected chi connectivity index (χ3v) is 4.13. The van der Waals surface area contributed by atoms with Crippen LogP contribution >= 0.6 is 0 Å². The van der Waals surface area contributed by atoms with E-state index in [0.717, 1.165) is 34.0 Å². The molecule has 1 heterocycles. The van der Waals surface area contributed by atoms with Gasteiger partial charge in [-0.15, -0.1) is 0 Å². The number of ether oxygens (including phenoxy) is 1. The van der Waals surface area contributed by atoms with Gasteiger partial charge in [0, 0.05) is 11.3 Å². The van der Waals surface area contributed by atoms with Gasteiger partial charge in [-0.25, -0.2) is 0 Å². The maximum atomic E-state index is 12.5. The Bertz CT molecular complexity index is 880. The molecule has 4 heteroatoms. The van der Waals surface area contributed by atoms with Gasteiger partial charge in [-0.2, -0.15) is 0 Å². The number of nitrogens with one attached hydrogen (secondary N) is 1. The summed E-state index contributed by atoms with van der Waals surface area (Å²) in [5.41, 5.74) is 5.17. The second-order valence-electron chi connectivity index (χ2n) is 6.29. The average molecular weight is 346 g/mol. The number of carbonyl (C=O) groups is 1. The van der Waals surface area contributed by atoms with Crippen molar-refractivity contribution in [3.05, 3.63) is 88.7 Å². The number of rotatable bonds is 5. The van der Waals surface area contributed by atoms with Crippen molar-refractivity contribution < 1.29 is 9.53 Å². The second-order valence-corrected chi connectivity index (χ2v) is 6.29. The van der Waals surface area contributed by atoms with Gasteiger partial charge in [0.15, 0.2) is 0 Å². The van der Waals surface area contributed by atoms with Crippen LogP contribution in [0.5, 0.6) is 5.75 Å². The largest absolute Gasteiger partial charge is 0.489 e. The molecule has 1 N–H and O–H groups in total. The zero-order valence-electron chi connectivity index (χ0n) is 15.2. The molecular formula is C22H22N2O2. The molecule has 4 nitrogen and oxygen atoms in total. The first-order valence-corrected chi connectivity index (χ1v) is 8.56. The van der Waals surface area contributed by atoms with E-state index in [1.165, 1.54) is 0 Å². The van der Waals surface area contributed by atoms with Crippen molar-refractivity contribution in [3.8, 4) is 5.75 Å². The van der Waals surface area contributed by atoms with Crippen molar-refractivity contribution >= 4 is 11.6 Å². The summed E-state index contributed by atoms with van der Waals surface area (Å²) in [5, 5.41) is 2.97. The minimum absolute atomic E-state index is 0.141. The van der Waals surface area contributed by atoms with Crippen LogP contribution in [0.4, 0.5) is 5.69 Å². The number of pyridine rings is 1. The molecule has 3 rings (SSSR count). The molecule has 1 aromatic heterocycles. The quantitative estimate of drug-likeness (QED) is 0.719. The molecule has 0 spiro atoms. The summed E-state index contributed by atoms with van der Waals surface area (Å²) in [6.07, 6.45) is 0. The van der Waals surface area contributed by atoms with Crippen LogP contribution in [-0.2, 0) is 6.61 Å². The molecule has 0 saturated heterocycles. The maximum absolute atomic E-state index is 12.5. The van der Waals surface area contributed by atoms with Crippen molar-refractivity contribution in [2.75, 3.05) is 5.32 Å². The Kier molecular flexibility index (Phi) is 5.32. The van der Waals surface area contributed by atoms with Crippen LogP contribution in [0.2, 0.25) is 0 Å². The zero-order valence-corrected chi connectivity index (χ0v) is 15.2. The number of hydrogen-bond acceptors (Lipinski definition) is 3. The summed E-state index contributed by atoms with van der Waals surface area (Å²) in [5.74, 6) is 0.685. The molecule has 26 heavy (non-hydrogen) atoms. The third-order valence-electron chi connectivity index (χ3n) is 4.13. The van der Waals surface area contributed by atoms with Crippen LogP contribution in [0.1, 0.15) is 32.9 Å². The minimum atomic E-state index is -0.141. The Hall–Kier alpha value is -3.14. The van der Waals surface area contributed by atoms with E-state index in [1.807, 2.05) is 81.4 Å². The molecule has 0 aliphatic rings. The summed E-state index contributed by atoms with van der Waals surface area (Å²) < 4.78 is 5.72. The average Bonchev–Trinajstić information content (AvgIpc) is 2.64. The fourth-order valence-corrected chi connectivity index (χ4v) is 2.83. The van der Waals surface area contributed by atoms with Crippen LogP contribution in [0.15, 0.2) is 60.7 Å². The predicted molar refractivity (Wildman–Crippen MR) is 104 cm³/mol. The minimum Gasteiger partial charge on any atom is -0.489 e. The lowest BCUT2D eigenvalue weighted by atomic mass is 10.1. The van der Waals surface area contributed by atoms with Gasteiger partial charge in [0.05, 0.1) is 11.4 Å². The van der Waals surface area contributed by atoms with E-state index >= 15 is 0 Å². The van der Waals surface area contributed by atoms with Gasteiger partial charge < -0.3 is 10.1 Å². The lowest BCUT2D eigenvalue weighted by molar-refractivity contribution is 0.102. The number of hydrogen-bond donors (Lipinski definition) is 1. The molecule has 0 aliphatic carbocycles. The topological polar surface area (TPSA) is 51.2 Å². The normalized spacial score (nSPS) is 10.4. The van der Waals surface area contributed by atoms with Crippen molar-refractivity contribution in [3.63, 3.8) is 0 Å². The van der Waals surface area contributed by atoms with Gasteiger partial charge in [-0.3, -0.25) is 9.78 Å². The van der Waals surface area contributed by atoms with Crippen LogP contribution in [0, 0.1) is 20.8 Å². The molecule has 0 saturated carbocycles. The number of carbonyl (C=O) groups excluding carboxylic acids is 1. The fraction of sp³-hybridized carbons (Fsp3) is 0.182. The zero-order chi connectivity index (χ0) is 18.5. The molecule has 1 amide bonds. The second kappa shape index (κ2) is 7.83. The lowest BCUT2D eigenvalue weighted by Crippen LogP contribution is -2.14. The number of anilines is 1. The van der Waals surface area contributed by atoms with E-state index in [-0.39, 0.29) is 5.91 Å². The van der Waals surface area contributed by atoms with Crippen molar-refractivity contribution in [2.24, 2.45) is 0 Å². The summed E-state index contributed by atoms with van der Waals surface area (Å²) >= 11 is 0. The summed E-state index contributed by atoms with van der Waals surface area (Å²) in [7, 11) is 0. The van der Waals surface area contributed by atoms with Crippen molar-refractivity contribution in [1.29, 1.82) is 0 Å². The Morgan fingerprint density at radius 2 is 1.69 bits per heavy atom. The highest BCUT2D eigenvalue weighted by atomic mass is 16.5. The van der Waals surface area contributed by atoms with Gasteiger partial charge in [0.2, 0.25) is 0 Å². The first kappa shape index (κ1) is 17.7. The highest BCUT2D eigenvalue weighted by Gasteiger charge is 2.11. The Morgan fingerprint density at radius 3 is 2.35 bits per heavy atom. The molecule has 0 fully saturated rings. The van der Waals surface area contributed by atoms with E-state index in [0.29, 0.717) is 12.2 Å². The molecule has 3 aromatic rings. The van der Waals surface area contributed by atoms with Gasteiger partial charge in [0.25, 0.3) is 5.91 Å². The van der Waals surface area contributed by atoms with Gasteiger partial charge in [-0.05, 0) is 62.2 Å². The first-order chi connectivity index (χ1) is 12.5. The highest BCUT2D eigenvalue weighted by molar-refractivity contribution is 6.04. The van der Waals surface area contributed by atoms with Crippen LogP contribution in [0.3, 0.4) is 0 Å². The fourth-order valence-electron chi connectivity index (χ4n) is 2.83. The molecule has 0 radical (unpaired) electrons. The van der Waals surface area contributed by atoms with E-state index in [2.05, 4.69) is 10.3 Å². The summed E-state index contributed by atoms with van der Waals surface area (Å²) in [4.78, 5) is 16.9. The van der Waals surface area contributed by atoms with E-state index in [9.17, 15) is 4.79 Å². The molecule has 132 valence electrons. The van der Waals surface area contributed by atoms with E-state index in [4.69, 9.17) is 4.74 Å². The number of aryl methyl sites for hydroxylation is 3. The summed E-state index contributed by atoms with van der Waals surface area (Å²) in [6, 6.07) is 19.1. The third kappa shape index (κ3) is 4.28. The standard InChI is InChI=1S/C22H22N2O2/c1-15-13-16(2)23-17(3)21(15)24-22(25)19-11-9-18(10-12-19)14-26-20-7-5-4-6-8-20/h4-13H,14H2,1-3H3,(H,24,25). The van der Waals surface area contributed by atoms with Crippen molar-refractivity contribution in [2.45, 2.75) is 27.4 Å². The van der Waals surface area contributed by atoms with Crippen LogP contribution in [0.25, 0.3) is 0 Å². The molecule has 0 aliphatic heterocycles. The van der Waals surface area contributed by atoms with Gasteiger partial charge in [0.1, 0.15) is 12.4 Å². The molecular weight excluding hydrogens is 324 g/mol. The molecule has 0 bridgehead atoms. The monoisotopic (exact) mass is 346 g/mol. The number of nitrogens with zero attached hydrogens (tertiary/aromatic N) is 1. The lowest BCUT2D eigenvalue weighted by Gasteiger charge is -2.12. The number of aromatic nitrogens is 1. The first-order valence-electron chi connectivity index (χ1n) is 8.56. The Balaban J connectivity index is 1.66. The molecule has 0 unspecified atom stereocenters. The van der Waals surface area contributed by atoms with E-state index < -0.39 is 0 Å². The van der Waals surface area contributed by atoms with Crippen LogP contribution in [-0.4, -0.2) is 10.9 Å². The Morgan fingerprint density at radius 1 is 1.00 bits per heavy atom. The van der Waals surface area contributed by atoms with Crippen molar-refractivity contribution in [1.82, 2.24) is 4.98 Å². The summed E-state index contributed by atoms with van der Waals surface area (Å²) in [6.45, 7) is 6.29. The van der Waals surface area contributed by atoms with Crippen LogP contribution < -0.4 is 10.1 Å².